The standard InChI is InChI=1S/C22H21N3O2S/c1-21-8-3-9-26-19(21)22(13-28-20(24)25-22)17-11-16(6-7-18(17)27-21)15-5-2-4-14(10-15)12-23/h2,4-7,10-11,19H,3,8-9,13H2,1H3,(H2,24,25)/t19-,21-,22-/m0/s1. The minimum Gasteiger partial charge on any atom is -0.484 e. The third-order valence-corrected chi connectivity index (χ3v) is 6.93. The number of hydrogen-bond acceptors (Lipinski definition) is 6. The number of nitrogens with zero attached hydrogens (tertiary/aromatic N) is 2. The fourth-order valence-electron chi connectivity index (χ4n) is 4.69. The van der Waals surface area contributed by atoms with Gasteiger partial charge in [0.15, 0.2) is 5.17 Å². The fraction of sp³-hybridized carbons (Fsp3) is 0.364. The average Bonchev–Trinajstić information content (AvgIpc) is 3.10. The normalized spacial score (nSPS) is 30.7. The monoisotopic (exact) mass is 391 g/mol. The summed E-state index contributed by atoms with van der Waals surface area (Å²) >= 11 is 1.58. The molecule has 5 nitrogen and oxygen atoms in total. The molecule has 0 bridgehead atoms. The lowest BCUT2D eigenvalue weighted by Gasteiger charge is -2.52. The Bertz CT molecular complexity index is 1030. The largest absolute Gasteiger partial charge is 0.484 e. The van der Waals surface area contributed by atoms with Crippen LogP contribution in [0.5, 0.6) is 5.75 Å². The summed E-state index contributed by atoms with van der Waals surface area (Å²) < 4.78 is 12.8. The number of rotatable bonds is 1. The number of nitrogens with two attached hydrogens (primary N) is 1. The maximum atomic E-state index is 9.23. The van der Waals surface area contributed by atoms with Gasteiger partial charge in [0.05, 0.1) is 11.6 Å². The first-order valence-electron chi connectivity index (χ1n) is 9.48. The van der Waals surface area contributed by atoms with E-state index in [1.807, 2.05) is 36.4 Å². The van der Waals surface area contributed by atoms with Crippen LogP contribution in [0.1, 0.15) is 30.9 Å². The number of ether oxygens (including phenoxy) is 2. The van der Waals surface area contributed by atoms with Crippen LogP contribution in [0.4, 0.5) is 0 Å². The van der Waals surface area contributed by atoms with Gasteiger partial charge in [0.1, 0.15) is 23.0 Å². The van der Waals surface area contributed by atoms with E-state index in [-0.39, 0.29) is 6.10 Å². The first-order valence-corrected chi connectivity index (χ1v) is 10.5. The molecule has 28 heavy (non-hydrogen) atoms. The summed E-state index contributed by atoms with van der Waals surface area (Å²) in [7, 11) is 0. The number of thioether (sulfide) groups is 1. The van der Waals surface area contributed by atoms with Crippen LogP contribution in [0.15, 0.2) is 47.5 Å². The molecule has 1 fully saturated rings. The van der Waals surface area contributed by atoms with Gasteiger partial charge in [-0.15, -0.1) is 0 Å². The molecule has 0 aliphatic carbocycles. The van der Waals surface area contributed by atoms with E-state index in [1.165, 1.54) is 0 Å². The molecule has 2 aromatic rings. The van der Waals surface area contributed by atoms with Crippen LogP contribution in [-0.2, 0) is 10.3 Å². The molecule has 2 N–H and O–H groups in total. The summed E-state index contributed by atoms with van der Waals surface area (Å²) in [6, 6.07) is 16.0. The smallest absolute Gasteiger partial charge is 0.155 e. The van der Waals surface area contributed by atoms with Crippen LogP contribution < -0.4 is 10.5 Å². The molecule has 142 valence electrons. The number of nitriles is 1. The topological polar surface area (TPSA) is 80.6 Å². The van der Waals surface area contributed by atoms with Crippen molar-refractivity contribution >= 4 is 16.9 Å². The van der Waals surface area contributed by atoms with E-state index >= 15 is 0 Å². The van der Waals surface area contributed by atoms with E-state index in [9.17, 15) is 5.26 Å². The SMILES string of the molecule is C[C@]12CCCO[C@@H]1[C@]1(CSC(N)=N1)c1cc(-c3cccc(C#N)c3)ccc1O2. The minimum atomic E-state index is -0.541. The molecule has 3 aliphatic heterocycles. The van der Waals surface area contributed by atoms with E-state index in [0.29, 0.717) is 17.3 Å². The van der Waals surface area contributed by atoms with Crippen molar-refractivity contribution in [1.29, 1.82) is 5.26 Å². The Balaban J connectivity index is 1.69. The molecule has 0 aromatic heterocycles. The van der Waals surface area contributed by atoms with Gasteiger partial charge in [-0.05, 0) is 55.2 Å². The second kappa shape index (κ2) is 6.26. The van der Waals surface area contributed by atoms with Gasteiger partial charge in [0.2, 0.25) is 0 Å². The lowest BCUT2D eigenvalue weighted by Crippen LogP contribution is -2.62. The predicted molar refractivity (Wildman–Crippen MR) is 110 cm³/mol. The third kappa shape index (κ3) is 2.54. The van der Waals surface area contributed by atoms with Crippen LogP contribution in [0, 0.1) is 11.3 Å². The van der Waals surface area contributed by atoms with Crippen LogP contribution in [-0.4, -0.2) is 29.2 Å². The number of amidine groups is 1. The van der Waals surface area contributed by atoms with Gasteiger partial charge in [0.25, 0.3) is 0 Å². The maximum Gasteiger partial charge on any atom is 0.155 e. The van der Waals surface area contributed by atoms with Crippen LogP contribution in [0.25, 0.3) is 11.1 Å². The van der Waals surface area contributed by atoms with E-state index in [2.05, 4.69) is 19.1 Å². The second-order valence-electron chi connectivity index (χ2n) is 7.84. The number of hydrogen-bond donors (Lipinski definition) is 1. The molecule has 3 aliphatic rings. The Kier molecular flexibility index (Phi) is 3.94. The van der Waals surface area contributed by atoms with Gasteiger partial charge in [-0.2, -0.15) is 5.26 Å². The summed E-state index contributed by atoms with van der Waals surface area (Å²) in [5, 5.41) is 9.83. The zero-order valence-corrected chi connectivity index (χ0v) is 16.5. The Morgan fingerprint density at radius 3 is 2.89 bits per heavy atom. The van der Waals surface area contributed by atoms with Crippen molar-refractivity contribution in [2.24, 2.45) is 10.7 Å². The van der Waals surface area contributed by atoms with Gasteiger partial charge >= 0.3 is 0 Å². The van der Waals surface area contributed by atoms with Gasteiger partial charge in [-0.1, -0.05) is 30.0 Å². The van der Waals surface area contributed by atoms with E-state index < -0.39 is 11.1 Å². The van der Waals surface area contributed by atoms with Gasteiger partial charge in [-0.3, -0.25) is 0 Å². The zero-order chi connectivity index (χ0) is 19.4. The molecule has 0 unspecified atom stereocenters. The van der Waals surface area contributed by atoms with Gasteiger partial charge in [0, 0.05) is 17.9 Å². The van der Waals surface area contributed by atoms with Crippen molar-refractivity contribution in [1.82, 2.24) is 0 Å². The first-order chi connectivity index (χ1) is 13.5. The summed E-state index contributed by atoms with van der Waals surface area (Å²) in [6.45, 7) is 2.84. The van der Waals surface area contributed by atoms with E-state index in [4.69, 9.17) is 20.2 Å². The van der Waals surface area contributed by atoms with Crippen molar-refractivity contribution in [3.8, 4) is 22.9 Å². The van der Waals surface area contributed by atoms with Crippen molar-refractivity contribution in [2.75, 3.05) is 12.4 Å². The molecular formula is C22H21N3O2S. The van der Waals surface area contributed by atoms with Crippen molar-refractivity contribution in [2.45, 2.75) is 37.0 Å². The molecule has 3 heterocycles. The highest BCUT2D eigenvalue weighted by Gasteiger charge is 2.59. The molecule has 0 amide bonds. The van der Waals surface area contributed by atoms with Crippen molar-refractivity contribution in [3.05, 3.63) is 53.6 Å². The molecule has 2 aromatic carbocycles. The molecule has 3 atom stereocenters. The Hall–Kier alpha value is -2.49. The maximum absolute atomic E-state index is 9.23. The summed E-state index contributed by atoms with van der Waals surface area (Å²) in [5.41, 5.74) is 8.86. The van der Waals surface area contributed by atoms with Crippen molar-refractivity contribution in [3.63, 3.8) is 0 Å². The lowest BCUT2D eigenvalue weighted by molar-refractivity contribution is -0.160. The molecule has 0 saturated carbocycles. The second-order valence-corrected chi connectivity index (χ2v) is 8.83. The zero-order valence-electron chi connectivity index (χ0n) is 15.6. The van der Waals surface area contributed by atoms with Crippen LogP contribution >= 0.6 is 11.8 Å². The number of benzene rings is 2. The lowest BCUT2D eigenvalue weighted by atomic mass is 9.72. The Morgan fingerprint density at radius 2 is 2.11 bits per heavy atom. The Morgan fingerprint density at radius 1 is 1.25 bits per heavy atom. The predicted octanol–water partition coefficient (Wildman–Crippen LogP) is 3.81. The van der Waals surface area contributed by atoms with Crippen molar-refractivity contribution < 1.29 is 9.47 Å². The molecule has 0 radical (unpaired) electrons. The van der Waals surface area contributed by atoms with E-state index in [0.717, 1.165) is 41.0 Å². The van der Waals surface area contributed by atoms with Gasteiger partial charge < -0.3 is 15.2 Å². The number of fused-ring (bicyclic) bond motifs is 4. The molecule has 6 heteroatoms. The highest BCUT2D eigenvalue weighted by Crippen LogP contribution is 2.54. The molecule has 1 spiro atoms. The third-order valence-electron chi connectivity index (χ3n) is 5.95. The number of aliphatic imine (C=N–C) groups is 1. The highest BCUT2D eigenvalue weighted by atomic mass is 32.2. The highest BCUT2D eigenvalue weighted by molar-refractivity contribution is 8.14. The molecule has 1 saturated heterocycles. The molecule has 5 rings (SSSR count). The summed E-state index contributed by atoms with van der Waals surface area (Å²) in [6.07, 6.45) is 1.74. The summed E-state index contributed by atoms with van der Waals surface area (Å²) in [4.78, 5) is 4.92. The van der Waals surface area contributed by atoms with Crippen LogP contribution in [0.2, 0.25) is 0 Å². The van der Waals surface area contributed by atoms with Crippen LogP contribution in [0.3, 0.4) is 0 Å². The fourth-order valence-corrected chi connectivity index (χ4v) is 5.66. The molecular weight excluding hydrogens is 370 g/mol. The minimum absolute atomic E-state index is 0.171. The first kappa shape index (κ1) is 17.6. The van der Waals surface area contributed by atoms with E-state index in [1.54, 1.807) is 11.8 Å². The quantitative estimate of drug-likeness (QED) is 0.799. The van der Waals surface area contributed by atoms with Gasteiger partial charge in [-0.25, -0.2) is 4.99 Å². The summed E-state index contributed by atoms with van der Waals surface area (Å²) in [5.74, 6) is 1.60. The average molecular weight is 391 g/mol. The Labute approximate surface area is 168 Å².